The van der Waals surface area contributed by atoms with Crippen LogP contribution in [0.2, 0.25) is 4.34 Å². The van der Waals surface area contributed by atoms with Gasteiger partial charge in [-0.25, -0.2) is 14.6 Å². The molecule has 0 saturated carbocycles. The molecule has 1 amide bonds. The largest absolute Gasteiger partial charge is 0.444 e. The SMILES string of the molecule is CCOP(=S)(OCC)OC(=O)C(=N)c1nc(NC(=O)OC(C)(C)C)sc1Cl. The molecule has 0 saturated heterocycles. The number of nitrogens with zero attached hydrogens (tertiary/aromatic N) is 1. The Morgan fingerprint density at radius 2 is 1.85 bits per heavy atom. The molecule has 0 aliphatic heterocycles. The molecule has 0 aromatic carbocycles. The summed E-state index contributed by atoms with van der Waals surface area (Å²) >= 11 is 12.0. The summed E-state index contributed by atoms with van der Waals surface area (Å²) in [7, 11) is 0. The van der Waals surface area contributed by atoms with Gasteiger partial charge >= 0.3 is 18.8 Å². The molecule has 1 aromatic rings. The molecule has 0 spiro atoms. The standard InChI is InChI=1S/C14H21ClN3O6PS2/c1-6-21-25(26,22-7-2)24-11(19)8(16)9-10(15)27-12(17-9)18-13(20)23-14(3,4)5/h16H,6-7H2,1-5H3,(H,17,18,20). The van der Waals surface area contributed by atoms with Crippen LogP contribution in [-0.4, -0.2) is 41.6 Å². The van der Waals surface area contributed by atoms with Crippen LogP contribution in [0, 0.1) is 5.41 Å². The molecule has 0 fully saturated rings. The van der Waals surface area contributed by atoms with E-state index < -0.39 is 30.1 Å². The Morgan fingerprint density at radius 1 is 1.30 bits per heavy atom. The molecular formula is C14H21ClN3O6PS2. The van der Waals surface area contributed by atoms with E-state index in [2.05, 4.69) is 10.3 Å². The average molecular weight is 458 g/mol. The van der Waals surface area contributed by atoms with Crippen LogP contribution in [0.25, 0.3) is 0 Å². The zero-order chi connectivity index (χ0) is 20.8. The third kappa shape index (κ3) is 7.81. The number of amides is 1. The third-order valence-corrected chi connectivity index (χ3v) is 5.97. The Labute approximate surface area is 171 Å². The maximum Gasteiger partial charge on any atom is 0.413 e. The van der Waals surface area contributed by atoms with E-state index in [1.165, 1.54) is 0 Å². The van der Waals surface area contributed by atoms with Crippen molar-refractivity contribution in [2.45, 2.75) is 40.2 Å². The minimum absolute atomic E-state index is 0.0177. The van der Waals surface area contributed by atoms with Gasteiger partial charge < -0.3 is 9.26 Å². The van der Waals surface area contributed by atoms with Crippen LogP contribution < -0.4 is 5.32 Å². The number of nitrogens with one attached hydrogen (secondary N) is 2. The highest BCUT2D eigenvalue weighted by molar-refractivity contribution is 8.07. The summed E-state index contributed by atoms with van der Waals surface area (Å²) < 4.78 is 20.6. The number of aromatic nitrogens is 1. The molecule has 2 N–H and O–H groups in total. The van der Waals surface area contributed by atoms with Crippen molar-refractivity contribution in [1.82, 2.24) is 4.98 Å². The zero-order valence-corrected chi connectivity index (χ0v) is 18.7. The smallest absolute Gasteiger partial charge is 0.413 e. The predicted octanol–water partition coefficient (Wildman–Crippen LogP) is 4.35. The predicted molar refractivity (Wildman–Crippen MR) is 107 cm³/mol. The highest BCUT2D eigenvalue weighted by Gasteiger charge is 2.30. The van der Waals surface area contributed by atoms with Gasteiger partial charge in [-0.2, -0.15) is 0 Å². The van der Waals surface area contributed by atoms with Gasteiger partial charge in [-0.1, -0.05) is 22.9 Å². The number of carbonyl (C=O) groups is 2. The van der Waals surface area contributed by atoms with E-state index >= 15 is 0 Å². The summed E-state index contributed by atoms with van der Waals surface area (Å²) in [6, 6.07) is 0. The number of halogens is 1. The van der Waals surface area contributed by atoms with Crippen LogP contribution in [0.15, 0.2) is 0 Å². The molecule has 13 heteroatoms. The van der Waals surface area contributed by atoms with Crippen molar-refractivity contribution in [3.05, 3.63) is 10.0 Å². The van der Waals surface area contributed by atoms with Gasteiger partial charge in [-0.05, 0) is 34.6 Å². The Morgan fingerprint density at radius 3 is 2.33 bits per heavy atom. The average Bonchev–Trinajstić information content (AvgIpc) is 2.84. The van der Waals surface area contributed by atoms with Gasteiger partial charge in [0.1, 0.15) is 15.6 Å². The Bertz CT molecular complexity index is 755. The summed E-state index contributed by atoms with van der Waals surface area (Å²) in [5.74, 6) is -1.09. The van der Waals surface area contributed by atoms with E-state index in [0.717, 1.165) is 11.3 Å². The molecule has 0 aliphatic rings. The Kier molecular flexibility index (Phi) is 8.78. The first-order valence-electron chi connectivity index (χ1n) is 7.79. The topological polar surface area (TPSA) is 120 Å². The van der Waals surface area contributed by atoms with Crippen LogP contribution in [0.5, 0.6) is 0 Å². The monoisotopic (exact) mass is 457 g/mol. The Balaban J connectivity index is 2.89. The summed E-state index contributed by atoms with van der Waals surface area (Å²) in [6.45, 7) is 5.51. The van der Waals surface area contributed by atoms with E-state index in [0.29, 0.717) is 0 Å². The van der Waals surface area contributed by atoms with Crippen molar-refractivity contribution in [2.24, 2.45) is 0 Å². The Hall–Kier alpha value is -1.10. The fourth-order valence-corrected chi connectivity index (χ4v) is 4.53. The second-order valence-corrected chi connectivity index (χ2v) is 10.3. The molecule has 0 radical (unpaired) electrons. The number of carbonyl (C=O) groups excluding carboxylic acids is 2. The van der Waals surface area contributed by atoms with Gasteiger partial charge in [-0.3, -0.25) is 19.8 Å². The van der Waals surface area contributed by atoms with E-state index in [-0.39, 0.29) is 28.4 Å². The molecule has 0 aliphatic carbocycles. The maximum absolute atomic E-state index is 12.2. The van der Waals surface area contributed by atoms with Crippen molar-refractivity contribution in [1.29, 1.82) is 5.41 Å². The van der Waals surface area contributed by atoms with Crippen molar-refractivity contribution in [3.63, 3.8) is 0 Å². The summed E-state index contributed by atoms with van der Waals surface area (Å²) in [5.41, 5.74) is -1.49. The van der Waals surface area contributed by atoms with Gasteiger partial charge in [-0.15, -0.1) is 0 Å². The van der Waals surface area contributed by atoms with Crippen LogP contribution in [-0.2, 0) is 34.9 Å². The molecular weight excluding hydrogens is 437 g/mol. The zero-order valence-electron chi connectivity index (χ0n) is 15.5. The number of ether oxygens (including phenoxy) is 1. The lowest BCUT2D eigenvalue weighted by molar-refractivity contribution is -0.128. The van der Waals surface area contributed by atoms with E-state index in [1.807, 2.05) is 0 Å². The van der Waals surface area contributed by atoms with Gasteiger partial charge in [0.2, 0.25) is 0 Å². The molecule has 0 bridgehead atoms. The van der Waals surface area contributed by atoms with E-state index in [1.54, 1.807) is 34.6 Å². The van der Waals surface area contributed by atoms with Crippen LogP contribution >= 0.6 is 29.7 Å². The van der Waals surface area contributed by atoms with Crippen molar-refractivity contribution in [3.8, 4) is 0 Å². The number of thiazole rings is 1. The fourth-order valence-electron chi connectivity index (χ4n) is 1.55. The van der Waals surface area contributed by atoms with Gasteiger partial charge in [0.05, 0.1) is 13.2 Å². The lowest BCUT2D eigenvalue weighted by Crippen LogP contribution is -2.27. The highest BCUT2D eigenvalue weighted by atomic mass is 35.5. The summed E-state index contributed by atoms with van der Waals surface area (Å²) in [4.78, 5) is 28.0. The molecule has 1 aromatic heterocycles. The minimum atomic E-state index is -3.32. The fraction of sp³-hybridized carbons (Fsp3) is 0.571. The second-order valence-electron chi connectivity index (χ2n) is 5.80. The second kappa shape index (κ2) is 9.90. The maximum atomic E-state index is 12.2. The number of rotatable bonds is 8. The van der Waals surface area contributed by atoms with Gasteiger partial charge in [0.25, 0.3) is 0 Å². The van der Waals surface area contributed by atoms with Crippen LogP contribution in [0.4, 0.5) is 9.93 Å². The summed E-state index contributed by atoms with van der Waals surface area (Å²) in [5, 5.41) is 10.4. The molecule has 27 heavy (non-hydrogen) atoms. The highest BCUT2D eigenvalue weighted by Crippen LogP contribution is 2.50. The molecule has 1 heterocycles. The van der Waals surface area contributed by atoms with Gasteiger partial charge in [0.15, 0.2) is 10.8 Å². The lowest BCUT2D eigenvalue weighted by atomic mass is 10.2. The lowest BCUT2D eigenvalue weighted by Gasteiger charge is -2.19. The molecule has 0 unspecified atom stereocenters. The first-order chi connectivity index (χ1) is 12.4. The quantitative estimate of drug-likeness (QED) is 0.436. The first kappa shape index (κ1) is 23.9. The van der Waals surface area contributed by atoms with Crippen molar-refractivity contribution < 1.29 is 27.9 Å². The third-order valence-electron chi connectivity index (χ3n) is 2.40. The van der Waals surface area contributed by atoms with Crippen molar-refractivity contribution >= 4 is 64.4 Å². The van der Waals surface area contributed by atoms with Crippen molar-refractivity contribution in [2.75, 3.05) is 18.5 Å². The van der Waals surface area contributed by atoms with Crippen LogP contribution in [0.1, 0.15) is 40.3 Å². The van der Waals surface area contributed by atoms with E-state index in [4.69, 9.17) is 47.1 Å². The number of hydrogen-bond donors (Lipinski definition) is 2. The number of hydrogen-bond acceptors (Lipinski definition) is 10. The van der Waals surface area contributed by atoms with E-state index in [9.17, 15) is 9.59 Å². The van der Waals surface area contributed by atoms with Crippen LogP contribution in [0.3, 0.4) is 0 Å². The van der Waals surface area contributed by atoms with Gasteiger partial charge in [0, 0.05) is 11.8 Å². The first-order valence-corrected chi connectivity index (χ1v) is 11.5. The summed E-state index contributed by atoms with van der Waals surface area (Å²) in [6.07, 6.45) is -0.739. The minimum Gasteiger partial charge on any atom is -0.444 e. The number of anilines is 1. The normalized spacial score (nSPS) is 11.8. The molecule has 152 valence electrons. The molecule has 1 rings (SSSR count). The molecule has 9 nitrogen and oxygen atoms in total. The molecule has 0 atom stereocenters.